The number of ether oxygens (including phenoxy) is 1. The highest BCUT2D eigenvalue weighted by molar-refractivity contribution is 5.27. The van der Waals surface area contributed by atoms with Crippen molar-refractivity contribution in [2.24, 2.45) is 17.6 Å². The molecule has 1 rings (SSSR count). The maximum Gasteiger partial charge on any atom is 0.573 e. The van der Waals surface area contributed by atoms with E-state index in [1.54, 1.807) is 12.1 Å². The summed E-state index contributed by atoms with van der Waals surface area (Å²) in [4.78, 5) is 0. The molecule has 2 atom stereocenters. The fourth-order valence-electron chi connectivity index (χ4n) is 2.13. The lowest BCUT2D eigenvalue weighted by Gasteiger charge is -2.24. The molecule has 108 valence electrons. The molecule has 2 nitrogen and oxygen atoms in total. The van der Waals surface area contributed by atoms with E-state index in [1.165, 1.54) is 12.1 Å². The second-order valence-electron chi connectivity index (χ2n) is 5.16. The van der Waals surface area contributed by atoms with Crippen molar-refractivity contribution >= 4 is 0 Å². The van der Waals surface area contributed by atoms with Gasteiger partial charge >= 0.3 is 6.36 Å². The molecule has 0 bridgehead atoms. The predicted octanol–water partition coefficient (Wildman–Crippen LogP) is 3.75. The van der Waals surface area contributed by atoms with Crippen molar-refractivity contribution in [1.29, 1.82) is 0 Å². The van der Waals surface area contributed by atoms with E-state index in [0.29, 0.717) is 11.8 Å². The van der Waals surface area contributed by atoms with E-state index in [0.717, 1.165) is 12.0 Å². The number of rotatable bonds is 5. The van der Waals surface area contributed by atoms with Gasteiger partial charge in [0.15, 0.2) is 0 Å². The van der Waals surface area contributed by atoms with Gasteiger partial charge in [0, 0.05) is 6.04 Å². The molecule has 5 heteroatoms. The van der Waals surface area contributed by atoms with Gasteiger partial charge in [0.2, 0.25) is 0 Å². The van der Waals surface area contributed by atoms with Crippen LogP contribution in [0.15, 0.2) is 24.3 Å². The molecular weight excluding hydrogens is 255 g/mol. The maximum absolute atomic E-state index is 12.0. The van der Waals surface area contributed by atoms with Crippen molar-refractivity contribution in [2.75, 3.05) is 0 Å². The largest absolute Gasteiger partial charge is 0.573 e. The summed E-state index contributed by atoms with van der Waals surface area (Å²) in [6.45, 7) is 6.14. The van der Waals surface area contributed by atoms with Gasteiger partial charge in [0.1, 0.15) is 5.75 Å². The predicted molar refractivity (Wildman–Crippen MR) is 68.8 cm³/mol. The van der Waals surface area contributed by atoms with Gasteiger partial charge in [-0.2, -0.15) is 0 Å². The van der Waals surface area contributed by atoms with Crippen LogP contribution in [0.2, 0.25) is 0 Å². The second kappa shape index (κ2) is 6.28. The fourth-order valence-corrected chi connectivity index (χ4v) is 2.13. The second-order valence-corrected chi connectivity index (χ2v) is 5.16. The van der Waals surface area contributed by atoms with Crippen LogP contribution >= 0.6 is 0 Å². The molecular formula is C14H20F3NO. The highest BCUT2D eigenvalue weighted by atomic mass is 19.4. The molecule has 0 aliphatic carbocycles. The number of hydrogen-bond donors (Lipinski definition) is 1. The Kier molecular flexibility index (Phi) is 5.23. The first-order valence-corrected chi connectivity index (χ1v) is 6.29. The summed E-state index contributed by atoms with van der Waals surface area (Å²) in [6.07, 6.45) is -3.89. The standard InChI is InChI=1S/C14H20F3NO/c1-9(2)13(10(3)18)8-11-4-6-12(7-5-11)19-14(15,16)17/h4-7,9-10,13H,8,18H2,1-3H3. The molecule has 0 aromatic heterocycles. The number of nitrogens with two attached hydrogens (primary N) is 1. The van der Waals surface area contributed by atoms with Gasteiger partial charge < -0.3 is 10.5 Å². The van der Waals surface area contributed by atoms with Crippen molar-refractivity contribution in [3.05, 3.63) is 29.8 Å². The summed E-state index contributed by atoms with van der Waals surface area (Å²) < 4.78 is 39.9. The van der Waals surface area contributed by atoms with Crippen LogP contribution in [-0.4, -0.2) is 12.4 Å². The molecule has 19 heavy (non-hydrogen) atoms. The highest BCUT2D eigenvalue weighted by Crippen LogP contribution is 2.25. The molecule has 0 heterocycles. The van der Waals surface area contributed by atoms with E-state index >= 15 is 0 Å². The zero-order chi connectivity index (χ0) is 14.6. The fraction of sp³-hybridized carbons (Fsp3) is 0.571. The Balaban J connectivity index is 2.71. The van der Waals surface area contributed by atoms with Crippen LogP contribution < -0.4 is 10.5 Å². The molecule has 1 aromatic carbocycles. The smallest absolute Gasteiger partial charge is 0.406 e. The Hall–Kier alpha value is -1.23. The normalized spacial score (nSPS) is 15.4. The zero-order valence-electron chi connectivity index (χ0n) is 11.4. The molecule has 0 aliphatic rings. The number of halogens is 3. The zero-order valence-corrected chi connectivity index (χ0v) is 11.4. The van der Waals surface area contributed by atoms with E-state index in [-0.39, 0.29) is 11.8 Å². The van der Waals surface area contributed by atoms with Gasteiger partial charge in [-0.25, -0.2) is 0 Å². The number of hydrogen-bond acceptors (Lipinski definition) is 2. The van der Waals surface area contributed by atoms with E-state index in [9.17, 15) is 13.2 Å². The van der Waals surface area contributed by atoms with Crippen LogP contribution in [0.25, 0.3) is 0 Å². The summed E-state index contributed by atoms with van der Waals surface area (Å²) in [7, 11) is 0. The minimum Gasteiger partial charge on any atom is -0.406 e. The Morgan fingerprint density at radius 3 is 2.00 bits per heavy atom. The van der Waals surface area contributed by atoms with Gasteiger partial charge in [-0.15, -0.1) is 13.2 Å². The van der Waals surface area contributed by atoms with Crippen LogP contribution in [0.1, 0.15) is 26.3 Å². The molecule has 0 radical (unpaired) electrons. The molecule has 2 unspecified atom stereocenters. The summed E-state index contributed by atoms with van der Waals surface area (Å²) in [6, 6.07) is 6.02. The van der Waals surface area contributed by atoms with Crippen molar-refractivity contribution in [3.8, 4) is 5.75 Å². The van der Waals surface area contributed by atoms with Gasteiger partial charge in [-0.1, -0.05) is 26.0 Å². The first-order valence-electron chi connectivity index (χ1n) is 6.29. The summed E-state index contributed by atoms with van der Waals surface area (Å²) in [5.41, 5.74) is 6.89. The molecule has 0 fully saturated rings. The van der Waals surface area contributed by atoms with Crippen LogP contribution in [0, 0.1) is 11.8 Å². The van der Waals surface area contributed by atoms with Crippen molar-refractivity contribution in [1.82, 2.24) is 0 Å². The first-order chi connectivity index (χ1) is 8.69. The van der Waals surface area contributed by atoms with Crippen molar-refractivity contribution in [3.63, 3.8) is 0 Å². The molecule has 0 saturated heterocycles. The maximum atomic E-state index is 12.0. The van der Waals surface area contributed by atoms with Gasteiger partial charge in [-0.05, 0) is 42.9 Å². The topological polar surface area (TPSA) is 35.2 Å². The van der Waals surface area contributed by atoms with Crippen LogP contribution in [0.4, 0.5) is 13.2 Å². The summed E-state index contributed by atoms with van der Waals surface area (Å²) in [5, 5.41) is 0. The lowest BCUT2D eigenvalue weighted by atomic mass is 9.84. The lowest BCUT2D eigenvalue weighted by Crippen LogP contribution is -2.32. The molecule has 0 spiro atoms. The number of benzene rings is 1. The minimum atomic E-state index is -4.65. The monoisotopic (exact) mass is 275 g/mol. The molecule has 0 aliphatic heterocycles. The highest BCUT2D eigenvalue weighted by Gasteiger charge is 2.31. The third kappa shape index (κ3) is 5.51. The van der Waals surface area contributed by atoms with Gasteiger partial charge in [0.05, 0.1) is 0 Å². The van der Waals surface area contributed by atoms with E-state index in [4.69, 9.17) is 5.73 Å². The van der Waals surface area contributed by atoms with E-state index in [1.807, 2.05) is 6.92 Å². The third-order valence-electron chi connectivity index (χ3n) is 3.16. The first kappa shape index (κ1) is 15.8. The van der Waals surface area contributed by atoms with Crippen LogP contribution in [0.3, 0.4) is 0 Å². The quantitative estimate of drug-likeness (QED) is 0.888. The number of alkyl halides is 3. The summed E-state index contributed by atoms with van der Waals surface area (Å²) in [5.74, 6) is 0.527. The van der Waals surface area contributed by atoms with Gasteiger partial charge in [-0.3, -0.25) is 0 Å². The molecule has 0 saturated carbocycles. The average molecular weight is 275 g/mol. The molecule has 1 aromatic rings. The lowest BCUT2D eigenvalue weighted by molar-refractivity contribution is -0.274. The van der Waals surface area contributed by atoms with Crippen molar-refractivity contribution in [2.45, 2.75) is 39.6 Å². The Labute approximate surface area is 111 Å². The van der Waals surface area contributed by atoms with Crippen molar-refractivity contribution < 1.29 is 17.9 Å². The van der Waals surface area contributed by atoms with E-state index < -0.39 is 6.36 Å². The minimum absolute atomic E-state index is 0.0473. The molecule has 2 N–H and O–H groups in total. The van der Waals surface area contributed by atoms with Crippen LogP contribution in [-0.2, 0) is 6.42 Å². The van der Waals surface area contributed by atoms with Gasteiger partial charge in [0.25, 0.3) is 0 Å². The van der Waals surface area contributed by atoms with Crippen LogP contribution in [0.5, 0.6) is 5.75 Å². The Morgan fingerprint density at radius 2 is 1.63 bits per heavy atom. The average Bonchev–Trinajstić information content (AvgIpc) is 2.25. The Morgan fingerprint density at radius 1 is 1.11 bits per heavy atom. The Bertz CT molecular complexity index is 377. The SMILES string of the molecule is CC(C)C(Cc1ccc(OC(F)(F)F)cc1)C(C)N. The summed E-state index contributed by atoms with van der Waals surface area (Å²) >= 11 is 0. The third-order valence-corrected chi connectivity index (χ3v) is 3.16. The molecule has 0 amide bonds. The van der Waals surface area contributed by atoms with E-state index in [2.05, 4.69) is 18.6 Å².